The summed E-state index contributed by atoms with van der Waals surface area (Å²) in [4.78, 5) is 3.76. The molecule has 0 saturated carbocycles. The quantitative estimate of drug-likeness (QED) is 0.858. The van der Waals surface area contributed by atoms with Gasteiger partial charge in [0.25, 0.3) is 6.43 Å². The van der Waals surface area contributed by atoms with Gasteiger partial charge in [0, 0.05) is 7.05 Å². The van der Waals surface area contributed by atoms with Gasteiger partial charge in [0.2, 0.25) is 0 Å². The summed E-state index contributed by atoms with van der Waals surface area (Å²) >= 11 is 0.808. The summed E-state index contributed by atoms with van der Waals surface area (Å²) in [6.07, 6.45) is -2.62. The molecule has 1 aromatic carbocycles. The molecule has 2 nitrogen and oxygen atoms in total. The van der Waals surface area contributed by atoms with E-state index >= 15 is 0 Å². The minimum Gasteiger partial charge on any atom is -0.386 e. The minimum atomic E-state index is -2.62. The van der Waals surface area contributed by atoms with Gasteiger partial charge in [-0.3, -0.25) is 0 Å². The number of nitrogens with one attached hydrogen (secondary N) is 1. The fourth-order valence-corrected chi connectivity index (χ4v) is 2.17. The summed E-state index contributed by atoms with van der Waals surface area (Å²) < 4.78 is 38.2. The van der Waals surface area contributed by atoms with Crippen LogP contribution in [0.25, 0.3) is 10.2 Å². The Labute approximate surface area is 87.7 Å². The number of thiazole rings is 1. The predicted molar refractivity (Wildman–Crippen MR) is 54.1 cm³/mol. The van der Waals surface area contributed by atoms with Gasteiger partial charge in [0.05, 0.1) is 10.4 Å². The first-order valence-corrected chi connectivity index (χ1v) is 4.99. The highest BCUT2D eigenvalue weighted by atomic mass is 32.1. The zero-order valence-corrected chi connectivity index (χ0v) is 8.54. The molecule has 0 atom stereocenters. The molecule has 2 aromatic rings. The maximum atomic E-state index is 13.0. The molecule has 1 N–H and O–H groups in total. The fourth-order valence-electron chi connectivity index (χ4n) is 1.30. The Morgan fingerprint density at radius 3 is 2.73 bits per heavy atom. The third-order valence-corrected chi connectivity index (χ3v) is 2.94. The molecule has 0 bridgehead atoms. The zero-order chi connectivity index (χ0) is 11.0. The largest absolute Gasteiger partial charge is 0.386 e. The van der Waals surface area contributed by atoms with Gasteiger partial charge in [-0.1, -0.05) is 0 Å². The van der Waals surface area contributed by atoms with Crippen molar-refractivity contribution in [2.75, 3.05) is 12.4 Å². The van der Waals surface area contributed by atoms with E-state index in [0.717, 1.165) is 11.3 Å². The van der Waals surface area contributed by atoms with Crippen molar-refractivity contribution in [2.24, 2.45) is 0 Å². The molecular weight excluding hydrogens is 225 g/mol. The highest BCUT2D eigenvalue weighted by Gasteiger charge is 2.15. The van der Waals surface area contributed by atoms with Gasteiger partial charge in [0.1, 0.15) is 11.3 Å². The average Bonchev–Trinajstić information content (AvgIpc) is 2.59. The number of anilines is 1. The Morgan fingerprint density at radius 1 is 1.40 bits per heavy atom. The Morgan fingerprint density at radius 2 is 2.13 bits per heavy atom. The molecule has 0 fully saturated rings. The smallest absolute Gasteiger partial charge is 0.289 e. The maximum absolute atomic E-state index is 13.0. The second-order valence-corrected chi connectivity index (χ2v) is 3.97. The van der Waals surface area contributed by atoms with Gasteiger partial charge in [-0.15, -0.1) is 11.3 Å². The first kappa shape index (κ1) is 10.2. The fraction of sp³-hybridized carbons (Fsp3) is 0.222. The molecule has 6 heteroatoms. The topological polar surface area (TPSA) is 24.9 Å². The van der Waals surface area contributed by atoms with Gasteiger partial charge in [-0.2, -0.15) is 0 Å². The molecule has 0 amide bonds. The first-order chi connectivity index (χ1) is 7.11. The van der Waals surface area contributed by atoms with Crippen molar-refractivity contribution in [3.05, 3.63) is 23.0 Å². The molecule has 0 saturated heterocycles. The molecule has 15 heavy (non-hydrogen) atoms. The van der Waals surface area contributed by atoms with Gasteiger partial charge in [-0.25, -0.2) is 18.2 Å². The van der Waals surface area contributed by atoms with Crippen LogP contribution in [0.1, 0.15) is 11.4 Å². The van der Waals surface area contributed by atoms with Crippen LogP contribution in [-0.2, 0) is 0 Å². The normalized spacial score (nSPS) is 11.3. The van der Waals surface area contributed by atoms with E-state index in [1.807, 2.05) is 0 Å². The minimum absolute atomic E-state index is 0.285. The molecule has 1 heterocycles. The first-order valence-electron chi connectivity index (χ1n) is 4.17. The number of rotatable bonds is 2. The van der Waals surface area contributed by atoms with E-state index in [1.54, 1.807) is 7.05 Å². The van der Waals surface area contributed by atoms with Gasteiger partial charge in [-0.05, 0) is 12.1 Å². The maximum Gasteiger partial charge on any atom is 0.289 e. The second-order valence-electron chi connectivity index (χ2n) is 2.90. The van der Waals surface area contributed by atoms with Crippen molar-refractivity contribution >= 4 is 27.2 Å². The van der Waals surface area contributed by atoms with Crippen LogP contribution in [-0.4, -0.2) is 12.0 Å². The second kappa shape index (κ2) is 3.69. The van der Waals surface area contributed by atoms with E-state index in [1.165, 1.54) is 12.1 Å². The lowest BCUT2D eigenvalue weighted by molar-refractivity contribution is 0.151. The van der Waals surface area contributed by atoms with Crippen LogP contribution in [0.3, 0.4) is 0 Å². The summed E-state index contributed by atoms with van der Waals surface area (Å²) in [5.74, 6) is -0.462. The number of fused-ring (bicyclic) bond motifs is 1. The van der Waals surface area contributed by atoms with E-state index < -0.39 is 12.2 Å². The SMILES string of the molecule is CNc1cc(F)cc2sc(C(F)F)nc12. The number of hydrogen-bond acceptors (Lipinski definition) is 3. The molecule has 0 unspecified atom stereocenters. The predicted octanol–water partition coefficient (Wildman–Crippen LogP) is 3.41. The van der Waals surface area contributed by atoms with Gasteiger partial charge >= 0.3 is 0 Å². The summed E-state index contributed by atoms with van der Waals surface area (Å²) in [6.45, 7) is 0. The van der Waals surface area contributed by atoms with Crippen molar-refractivity contribution in [1.82, 2.24) is 4.98 Å². The monoisotopic (exact) mass is 232 g/mol. The molecular formula is C9H7F3N2S. The average molecular weight is 232 g/mol. The zero-order valence-electron chi connectivity index (χ0n) is 7.72. The van der Waals surface area contributed by atoms with E-state index in [-0.39, 0.29) is 5.01 Å². The lowest BCUT2D eigenvalue weighted by Gasteiger charge is -2.00. The van der Waals surface area contributed by atoms with Crippen molar-refractivity contribution in [2.45, 2.75) is 6.43 Å². The van der Waals surface area contributed by atoms with Crippen molar-refractivity contribution in [3.8, 4) is 0 Å². The van der Waals surface area contributed by atoms with Crippen LogP contribution in [0, 0.1) is 5.82 Å². The van der Waals surface area contributed by atoms with Crippen LogP contribution in [0.4, 0.5) is 18.9 Å². The van der Waals surface area contributed by atoms with E-state index in [0.29, 0.717) is 15.9 Å². The highest BCUT2D eigenvalue weighted by Crippen LogP contribution is 2.33. The van der Waals surface area contributed by atoms with Gasteiger partial charge < -0.3 is 5.32 Å². The molecule has 0 aliphatic heterocycles. The third-order valence-electron chi connectivity index (χ3n) is 1.93. The number of aromatic nitrogens is 1. The Kier molecular flexibility index (Phi) is 2.52. The highest BCUT2D eigenvalue weighted by molar-refractivity contribution is 7.18. The molecule has 0 radical (unpaired) electrons. The van der Waals surface area contributed by atoms with E-state index in [9.17, 15) is 13.2 Å². The van der Waals surface area contributed by atoms with Crippen LogP contribution >= 0.6 is 11.3 Å². The summed E-state index contributed by atoms with van der Waals surface area (Å²) in [5, 5.41) is 2.44. The van der Waals surface area contributed by atoms with Crippen LogP contribution < -0.4 is 5.32 Å². The van der Waals surface area contributed by atoms with E-state index in [2.05, 4.69) is 10.3 Å². The number of hydrogen-bond donors (Lipinski definition) is 1. The Bertz CT molecular complexity index is 495. The molecule has 2 rings (SSSR count). The van der Waals surface area contributed by atoms with E-state index in [4.69, 9.17) is 0 Å². The number of benzene rings is 1. The molecule has 0 aliphatic carbocycles. The molecule has 1 aromatic heterocycles. The Balaban J connectivity index is 2.68. The lowest BCUT2D eigenvalue weighted by atomic mass is 10.3. The molecule has 0 spiro atoms. The standard InChI is InChI=1S/C9H7F3N2S/c1-13-5-2-4(10)3-6-7(5)14-9(15-6)8(11)12/h2-3,8,13H,1H3. The van der Waals surface area contributed by atoms with Gasteiger partial charge in [0.15, 0.2) is 5.01 Å². The van der Waals surface area contributed by atoms with Crippen molar-refractivity contribution in [3.63, 3.8) is 0 Å². The number of halogens is 3. The summed E-state index contributed by atoms with van der Waals surface area (Å²) in [6, 6.07) is 2.44. The number of alkyl halides is 2. The van der Waals surface area contributed by atoms with Crippen LogP contribution in [0.15, 0.2) is 12.1 Å². The van der Waals surface area contributed by atoms with Crippen LogP contribution in [0.2, 0.25) is 0 Å². The Hall–Kier alpha value is -1.30. The summed E-state index contributed by atoms with van der Waals surface area (Å²) in [7, 11) is 1.59. The molecule has 0 aliphatic rings. The lowest BCUT2D eigenvalue weighted by Crippen LogP contribution is -1.90. The van der Waals surface area contributed by atoms with Crippen molar-refractivity contribution in [1.29, 1.82) is 0 Å². The number of nitrogens with zero attached hydrogens (tertiary/aromatic N) is 1. The summed E-state index contributed by atoms with van der Waals surface area (Å²) in [5.41, 5.74) is 0.812. The molecule has 80 valence electrons. The third kappa shape index (κ3) is 1.77. The van der Waals surface area contributed by atoms with Crippen LogP contribution in [0.5, 0.6) is 0 Å². The van der Waals surface area contributed by atoms with Crippen molar-refractivity contribution < 1.29 is 13.2 Å².